The molecule has 1 aromatic carbocycles. The fraction of sp³-hybridized carbons (Fsp3) is 0.538. The van der Waals surface area contributed by atoms with Gasteiger partial charge in [-0.2, -0.15) is 0 Å². The predicted octanol–water partition coefficient (Wildman–Crippen LogP) is 2.92. The molecule has 1 saturated carbocycles. The standard InChI is InChI=1S/C13H17FO/c1-13(6-5-12(15)9-13)8-10-3-2-4-11(14)7-10/h2-4,7,12,15H,5-6,8-9H2,1H3. The summed E-state index contributed by atoms with van der Waals surface area (Å²) in [4.78, 5) is 0. The molecule has 2 atom stereocenters. The number of halogens is 1. The quantitative estimate of drug-likeness (QED) is 0.792. The summed E-state index contributed by atoms with van der Waals surface area (Å²) in [7, 11) is 0. The third kappa shape index (κ3) is 2.57. The van der Waals surface area contributed by atoms with E-state index >= 15 is 0 Å². The van der Waals surface area contributed by atoms with Gasteiger partial charge in [0.25, 0.3) is 0 Å². The van der Waals surface area contributed by atoms with Crippen LogP contribution in [-0.2, 0) is 6.42 Å². The van der Waals surface area contributed by atoms with Crippen LogP contribution in [0.25, 0.3) is 0 Å². The number of aliphatic hydroxyl groups is 1. The summed E-state index contributed by atoms with van der Waals surface area (Å²) in [6.07, 6.45) is 3.45. The lowest BCUT2D eigenvalue weighted by Gasteiger charge is -2.23. The van der Waals surface area contributed by atoms with Crippen LogP contribution in [0.5, 0.6) is 0 Å². The summed E-state index contributed by atoms with van der Waals surface area (Å²) in [6.45, 7) is 2.17. The molecule has 2 heteroatoms. The number of hydrogen-bond acceptors (Lipinski definition) is 1. The van der Waals surface area contributed by atoms with Gasteiger partial charge in [0.15, 0.2) is 0 Å². The SMILES string of the molecule is CC1(Cc2cccc(F)c2)CCC(O)C1. The van der Waals surface area contributed by atoms with Gasteiger partial charge in [0, 0.05) is 0 Å². The molecule has 1 aromatic rings. The molecular weight excluding hydrogens is 191 g/mol. The Labute approximate surface area is 89.9 Å². The van der Waals surface area contributed by atoms with Crippen LogP contribution in [0.1, 0.15) is 31.7 Å². The fourth-order valence-corrected chi connectivity index (χ4v) is 2.59. The summed E-state index contributed by atoms with van der Waals surface area (Å²) in [5.41, 5.74) is 1.18. The molecule has 2 rings (SSSR count). The van der Waals surface area contributed by atoms with E-state index in [-0.39, 0.29) is 17.3 Å². The van der Waals surface area contributed by atoms with Crippen molar-refractivity contribution in [2.24, 2.45) is 5.41 Å². The highest BCUT2D eigenvalue weighted by atomic mass is 19.1. The molecule has 0 heterocycles. The minimum Gasteiger partial charge on any atom is -0.393 e. The van der Waals surface area contributed by atoms with Crippen molar-refractivity contribution < 1.29 is 9.50 Å². The molecular formula is C13H17FO. The second-order valence-electron chi connectivity index (χ2n) is 5.01. The van der Waals surface area contributed by atoms with E-state index in [0.29, 0.717) is 0 Å². The van der Waals surface area contributed by atoms with Crippen molar-refractivity contribution in [2.75, 3.05) is 0 Å². The minimum absolute atomic E-state index is 0.146. The van der Waals surface area contributed by atoms with E-state index in [9.17, 15) is 9.50 Å². The first-order chi connectivity index (χ1) is 7.07. The maximum Gasteiger partial charge on any atom is 0.123 e. The van der Waals surface area contributed by atoms with Gasteiger partial charge in [0.05, 0.1) is 6.10 Å². The summed E-state index contributed by atoms with van der Waals surface area (Å²) >= 11 is 0. The Morgan fingerprint density at radius 1 is 1.53 bits per heavy atom. The molecule has 1 aliphatic rings. The molecule has 0 aliphatic heterocycles. The summed E-state index contributed by atoms with van der Waals surface area (Å²) in [5.74, 6) is -0.172. The lowest BCUT2D eigenvalue weighted by molar-refractivity contribution is 0.163. The smallest absolute Gasteiger partial charge is 0.123 e. The zero-order chi connectivity index (χ0) is 10.9. The van der Waals surface area contributed by atoms with Crippen LogP contribution in [0.2, 0.25) is 0 Å². The first-order valence-corrected chi connectivity index (χ1v) is 5.50. The molecule has 1 N–H and O–H groups in total. The Balaban J connectivity index is 2.08. The van der Waals surface area contributed by atoms with E-state index in [2.05, 4.69) is 6.92 Å². The average molecular weight is 208 g/mol. The number of hydrogen-bond donors (Lipinski definition) is 1. The molecule has 0 bridgehead atoms. The maximum absolute atomic E-state index is 13.0. The van der Waals surface area contributed by atoms with Gasteiger partial charge in [-0.05, 0) is 48.8 Å². The normalized spacial score (nSPS) is 30.7. The second kappa shape index (κ2) is 3.93. The molecule has 82 valence electrons. The van der Waals surface area contributed by atoms with E-state index in [1.54, 1.807) is 12.1 Å². The maximum atomic E-state index is 13.0. The van der Waals surface area contributed by atoms with E-state index in [1.165, 1.54) is 6.07 Å². The molecule has 1 nitrogen and oxygen atoms in total. The van der Waals surface area contributed by atoms with Gasteiger partial charge < -0.3 is 5.11 Å². The summed E-state index contributed by atoms with van der Waals surface area (Å²) in [5, 5.41) is 9.52. The van der Waals surface area contributed by atoms with E-state index in [0.717, 1.165) is 31.2 Å². The highest BCUT2D eigenvalue weighted by Gasteiger charge is 2.34. The molecule has 2 unspecified atom stereocenters. The third-order valence-corrected chi connectivity index (χ3v) is 3.33. The number of benzene rings is 1. The van der Waals surface area contributed by atoms with E-state index in [4.69, 9.17) is 0 Å². The van der Waals surface area contributed by atoms with Crippen molar-refractivity contribution >= 4 is 0 Å². The van der Waals surface area contributed by atoms with Crippen LogP contribution in [0.15, 0.2) is 24.3 Å². The van der Waals surface area contributed by atoms with Gasteiger partial charge in [0.2, 0.25) is 0 Å². The zero-order valence-electron chi connectivity index (χ0n) is 9.04. The topological polar surface area (TPSA) is 20.2 Å². The summed E-state index contributed by atoms with van der Waals surface area (Å²) < 4.78 is 13.0. The van der Waals surface area contributed by atoms with Gasteiger partial charge in [0.1, 0.15) is 5.82 Å². The molecule has 0 spiro atoms. The second-order valence-corrected chi connectivity index (χ2v) is 5.01. The van der Waals surface area contributed by atoms with Crippen LogP contribution in [0.4, 0.5) is 4.39 Å². The molecule has 0 saturated heterocycles. The van der Waals surface area contributed by atoms with Crippen molar-refractivity contribution in [1.82, 2.24) is 0 Å². The average Bonchev–Trinajstić information content (AvgIpc) is 2.45. The van der Waals surface area contributed by atoms with Gasteiger partial charge in [-0.25, -0.2) is 4.39 Å². The number of aliphatic hydroxyl groups excluding tert-OH is 1. The van der Waals surface area contributed by atoms with Crippen LogP contribution in [0.3, 0.4) is 0 Å². The Hall–Kier alpha value is -0.890. The lowest BCUT2D eigenvalue weighted by atomic mass is 9.82. The Morgan fingerprint density at radius 3 is 2.93 bits per heavy atom. The monoisotopic (exact) mass is 208 g/mol. The lowest BCUT2D eigenvalue weighted by Crippen LogP contribution is -2.16. The first kappa shape index (κ1) is 10.6. The van der Waals surface area contributed by atoms with Gasteiger partial charge in [-0.3, -0.25) is 0 Å². The van der Waals surface area contributed by atoms with Crippen molar-refractivity contribution in [3.05, 3.63) is 35.6 Å². The Morgan fingerprint density at radius 2 is 2.33 bits per heavy atom. The van der Waals surface area contributed by atoms with Crippen molar-refractivity contribution in [3.63, 3.8) is 0 Å². The molecule has 1 aliphatic carbocycles. The Kier molecular flexibility index (Phi) is 2.79. The van der Waals surface area contributed by atoms with Crippen LogP contribution in [-0.4, -0.2) is 11.2 Å². The predicted molar refractivity (Wildman–Crippen MR) is 58.1 cm³/mol. The van der Waals surface area contributed by atoms with Gasteiger partial charge in [-0.1, -0.05) is 19.1 Å². The molecule has 0 amide bonds. The summed E-state index contributed by atoms with van der Waals surface area (Å²) in [6, 6.07) is 6.77. The molecule has 1 fully saturated rings. The van der Waals surface area contributed by atoms with Gasteiger partial charge >= 0.3 is 0 Å². The number of rotatable bonds is 2. The molecule has 0 aromatic heterocycles. The fourth-order valence-electron chi connectivity index (χ4n) is 2.59. The van der Waals surface area contributed by atoms with Crippen molar-refractivity contribution in [3.8, 4) is 0 Å². The molecule has 0 radical (unpaired) electrons. The third-order valence-electron chi connectivity index (χ3n) is 3.33. The van der Waals surface area contributed by atoms with E-state index in [1.807, 2.05) is 6.07 Å². The van der Waals surface area contributed by atoms with Crippen molar-refractivity contribution in [2.45, 2.75) is 38.7 Å². The highest BCUT2D eigenvalue weighted by Crippen LogP contribution is 2.40. The molecule has 15 heavy (non-hydrogen) atoms. The zero-order valence-corrected chi connectivity index (χ0v) is 9.04. The largest absolute Gasteiger partial charge is 0.393 e. The van der Waals surface area contributed by atoms with Crippen LogP contribution >= 0.6 is 0 Å². The van der Waals surface area contributed by atoms with Crippen LogP contribution < -0.4 is 0 Å². The Bertz CT molecular complexity index is 350. The van der Waals surface area contributed by atoms with Crippen molar-refractivity contribution in [1.29, 1.82) is 0 Å². The minimum atomic E-state index is -0.172. The highest BCUT2D eigenvalue weighted by molar-refractivity contribution is 5.18. The first-order valence-electron chi connectivity index (χ1n) is 5.50. The van der Waals surface area contributed by atoms with Crippen LogP contribution in [0, 0.1) is 11.2 Å². The van der Waals surface area contributed by atoms with E-state index < -0.39 is 0 Å². The van der Waals surface area contributed by atoms with Gasteiger partial charge in [-0.15, -0.1) is 0 Å².